The summed E-state index contributed by atoms with van der Waals surface area (Å²) >= 11 is 0. The standard InChI is InChI=1S/C31H24F3N3O3/c32-21-13-10-18(11-14-21)27(23(17-38)20-12-15-24(33)25(34)16-20)30(39)37-29-31(40)35-26-9-5-4-8-22(26)28(36-29)19-6-2-1-3-7-19/h1-16,23,27,29,38H,17H2,(H,35,40)(H,37,39)/t23-,27+,29-/m1/s1. The van der Waals surface area contributed by atoms with Gasteiger partial charge in [0.2, 0.25) is 12.1 Å². The lowest BCUT2D eigenvalue weighted by molar-refractivity contribution is -0.127. The summed E-state index contributed by atoms with van der Waals surface area (Å²) in [7, 11) is 0. The average Bonchev–Trinajstić information content (AvgIpc) is 3.10. The molecule has 6 nitrogen and oxygen atoms in total. The topological polar surface area (TPSA) is 90.8 Å². The zero-order chi connectivity index (χ0) is 28.2. The summed E-state index contributed by atoms with van der Waals surface area (Å²) in [5.74, 6) is -6.36. The molecule has 4 aromatic carbocycles. The van der Waals surface area contributed by atoms with Crippen LogP contribution in [0.1, 0.15) is 34.1 Å². The number of fused-ring (bicyclic) bond motifs is 1. The Bertz CT molecular complexity index is 1580. The van der Waals surface area contributed by atoms with Gasteiger partial charge in [0.25, 0.3) is 5.91 Å². The van der Waals surface area contributed by atoms with Gasteiger partial charge in [-0.25, -0.2) is 18.2 Å². The van der Waals surface area contributed by atoms with Gasteiger partial charge < -0.3 is 15.7 Å². The lowest BCUT2D eigenvalue weighted by atomic mass is 9.81. The van der Waals surface area contributed by atoms with Crippen LogP contribution in [0.15, 0.2) is 102 Å². The van der Waals surface area contributed by atoms with Crippen LogP contribution in [0.5, 0.6) is 0 Å². The molecule has 0 aromatic heterocycles. The van der Waals surface area contributed by atoms with Gasteiger partial charge in [-0.2, -0.15) is 0 Å². The van der Waals surface area contributed by atoms with Crippen LogP contribution < -0.4 is 10.6 Å². The van der Waals surface area contributed by atoms with Crippen molar-refractivity contribution in [2.75, 3.05) is 11.9 Å². The number of aliphatic hydroxyl groups excluding tert-OH is 1. The summed E-state index contributed by atoms with van der Waals surface area (Å²) in [6, 6.07) is 24.4. The van der Waals surface area contributed by atoms with Gasteiger partial charge in [-0.15, -0.1) is 0 Å². The van der Waals surface area contributed by atoms with Gasteiger partial charge in [0.1, 0.15) is 5.82 Å². The minimum atomic E-state index is -1.37. The Kier molecular flexibility index (Phi) is 7.75. The fourth-order valence-corrected chi connectivity index (χ4v) is 4.79. The highest BCUT2D eigenvalue weighted by Crippen LogP contribution is 2.34. The van der Waals surface area contributed by atoms with Crippen molar-refractivity contribution < 1.29 is 27.9 Å². The van der Waals surface area contributed by atoms with Crippen molar-refractivity contribution in [3.05, 3.63) is 137 Å². The van der Waals surface area contributed by atoms with Crippen molar-refractivity contribution in [3.63, 3.8) is 0 Å². The molecule has 9 heteroatoms. The molecule has 0 radical (unpaired) electrons. The van der Waals surface area contributed by atoms with Gasteiger partial charge >= 0.3 is 0 Å². The fraction of sp³-hybridized carbons (Fsp3) is 0.129. The molecular weight excluding hydrogens is 519 g/mol. The molecule has 2 amide bonds. The summed E-state index contributed by atoms with van der Waals surface area (Å²) in [5.41, 5.74) is 2.80. The van der Waals surface area contributed by atoms with Crippen LogP contribution in [0.25, 0.3) is 0 Å². The molecular formula is C31H24F3N3O3. The molecule has 4 aromatic rings. The minimum Gasteiger partial charge on any atom is -0.396 e. The van der Waals surface area contributed by atoms with Gasteiger partial charge in [0.05, 0.1) is 23.9 Å². The van der Waals surface area contributed by atoms with Gasteiger partial charge in [-0.1, -0.05) is 66.7 Å². The monoisotopic (exact) mass is 543 g/mol. The largest absolute Gasteiger partial charge is 0.396 e. The molecule has 3 N–H and O–H groups in total. The number of hydrogen-bond donors (Lipinski definition) is 3. The van der Waals surface area contributed by atoms with E-state index in [0.29, 0.717) is 22.5 Å². The summed E-state index contributed by atoms with van der Waals surface area (Å²) in [6.07, 6.45) is -1.37. The molecule has 1 aliphatic rings. The van der Waals surface area contributed by atoms with Crippen molar-refractivity contribution in [3.8, 4) is 0 Å². The first kappa shape index (κ1) is 26.8. The Morgan fingerprint density at radius 1 is 0.875 bits per heavy atom. The second kappa shape index (κ2) is 11.5. The van der Waals surface area contributed by atoms with E-state index in [4.69, 9.17) is 0 Å². The first-order valence-electron chi connectivity index (χ1n) is 12.5. The molecule has 0 spiro atoms. The Labute approximate surface area is 228 Å². The van der Waals surface area contributed by atoms with Crippen molar-refractivity contribution in [2.24, 2.45) is 4.99 Å². The summed E-state index contributed by atoms with van der Waals surface area (Å²) < 4.78 is 41.5. The van der Waals surface area contributed by atoms with E-state index in [9.17, 15) is 27.9 Å². The third-order valence-corrected chi connectivity index (χ3v) is 6.76. The van der Waals surface area contributed by atoms with Gasteiger partial charge in [-0.3, -0.25) is 9.59 Å². The number of anilines is 1. The van der Waals surface area contributed by atoms with E-state index in [0.717, 1.165) is 29.8 Å². The molecule has 202 valence electrons. The minimum absolute atomic E-state index is 0.150. The molecule has 0 bridgehead atoms. The molecule has 5 rings (SSSR count). The fourth-order valence-electron chi connectivity index (χ4n) is 4.79. The van der Waals surface area contributed by atoms with Crippen molar-refractivity contribution in [1.82, 2.24) is 5.32 Å². The first-order valence-corrected chi connectivity index (χ1v) is 12.5. The van der Waals surface area contributed by atoms with E-state index in [1.54, 1.807) is 24.3 Å². The maximum Gasteiger partial charge on any atom is 0.269 e. The summed E-state index contributed by atoms with van der Waals surface area (Å²) in [5, 5.41) is 15.8. The number of carbonyl (C=O) groups excluding carboxylic acids is 2. The van der Waals surface area contributed by atoms with E-state index >= 15 is 0 Å². The Morgan fingerprint density at radius 3 is 2.25 bits per heavy atom. The van der Waals surface area contributed by atoms with Crippen molar-refractivity contribution >= 4 is 23.2 Å². The van der Waals surface area contributed by atoms with Crippen LogP contribution in [-0.2, 0) is 9.59 Å². The quantitative estimate of drug-likeness (QED) is 0.310. The number of aliphatic hydroxyl groups is 1. The van der Waals surface area contributed by atoms with Crippen LogP contribution in [0, 0.1) is 17.5 Å². The zero-order valence-electron chi connectivity index (χ0n) is 21.0. The number of benzodiazepines with no additional fused rings is 1. The van der Waals surface area contributed by atoms with Crippen LogP contribution >= 0.6 is 0 Å². The molecule has 40 heavy (non-hydrogen) atoms. The summed E-state index contributed by atoms with van der Waals surface area (Å²) in [4.78, 5) is 31.7. The number of nitrogens with zero attached hydrogens (tertiary/aromatic N) is 1. The highest BCUT2D eigenvalue weighted by atomic mass is 19.2. The number of rotatable bonds is 7. The predicted molar refractivity (Wildman–Crippen MR) is 144 cm³/mol. The normalized spacial score (nSPS) is 16.1. The van der Waals surface area contributed by atoms with Gasteiger partial charge in [0.15, 0.2) is 11.6 Å². The number of nitrogens with one attached hydrogen (secondary N) is 2. The third kappa shape index (κ3) is 5.50. The number of para-hydroxylation sites is 1. The number of halogens is 3. The number of benzene rings is 4. The van der Waals surface area contributed by atoms with Crippen LogP contribution in [0.4, 0.5) is 18.9 Å². The van der Waals surface area contributed by atoms with Gasteiger partial charge in [0, 0.05) is 17.0 Å². The maximum atomic E-state index is 14.1. The second-order valence-corrected chi connectivity index (χ2v) is 9.28. The van der Waals surface area contributed by atoms with Crippen molar-refractivity contribution in [1.29, 1.82) is 0 Å². The molecule has 0 saturated heterocycles. The van der Waals surface area contributed by atoms with E-state index in [1.807, 2.05) is 30.3 Å². The predicted octanol–water partition coefficient (Wildman–Crippen LogP) is 4.90. The van der Waals surface area contributed by atoms with Crippen LogP contribution in [0.2, 0.25) is 0 Å². The Hall–Kier alpha value is -4.76. The number of carbonyl (C=O) groups is 2. The molecule has 0 aliphatic carbocycles. The molecule has 1 aliphatic heterocycles. The number of amides is 2. The van der Waals surface area contributed by atoms with E-state index in [-0.39, 0.29) is 5.56 Å². The lowest BCUT2D eigenvalue weighted by Crippen LogP contribution is -2.45. The average molecular weight is 544 g/mol. The SMILES string of the molecule is O=C1Nc2ccccc2C(c2ccccc2)=N[C@@H]1NC(=O)[C@@H](c1ccc(F)cc1)[C@H](CO)c1ccc(F)c(F)c1. The Balaban J connectivity index is 1.55. The zero-order valence-corrected chi connectivity index (χ0v) is 21.0. The van der Waals surface area contributed by atoms with Crippen molar-refractivity contribution in [2.45, 2.75) is 18.0 Å². The highest BCUT2D eigenvalue weighted by molar-refractivity contribution is 6.19. The van der Waals surface area contributed by atoms with E-state index < -0.39 is 53.9 Å². The van der Waals surface area contributed by atoms with Crippen LogP contribution in [0.3, 0.4) is 0 Å². The second-order valence-electron chi connectivity index (χ2n) is 9.28. The van der Waals surface area contributed by atoms with E-state index in [1.165, 1.54) is 18.2 Å². The summed E-state index contributed by atoms with van der Waals surface area (Å²) in [6.45, 7) is -0.624. The highest BCUT2D eigenvalue weighted by Gasteiger charge is 2.35. The lowest BCUT2D eigenvalue weighted by Gasteiger charge is -2.27. The smallest absolute Gasteiger partial charge is 0.269 e. The maximum absolute atomic E-state index is 14.1. The molecule has 0 unspecified atom stereocenters. The molecule has 0 saturated carbocycles. The number of aliphatic imine (C=N–C) groups is 1. The first-order chi connectivity index (χ1) is 19.4. The van der Waals surface area contributed by atoms with Crippen LogP contribution in [-0.4, -0.2) is 35.4 Å². The third-order valence-electron chi connectivity index (χ3n) is 6.76. The number of hydrogen-bond acceptors (Lipinski definition) is 4. The molecule has 3 atom stereocenters. The van der Waals surface area contributed by atoms with E-state index in [2.05, 4.69) is 15.6 Å². The van der Waals surface area contributed by atoms with Gasteiger partial charge in [-0.05, 0) is 41.5 Å². The molecule has 0 fully saturated rings. The Morgan fingerprint density at radius 2 is 1.55 bits per heavy atom. The molecule has 1 heterocycles.